The highest BCUT2D eigenvalue weighted by molar-refractivity contribution is 5.99. The van der Waals surface area contributed by atoms with Gasteiger partial charge in [-0.2, -0.15) is 0 Å². The topological polar surface area (TPSA) is 346 Å². The molecule has 0 aromatic heterocycles. The van der Waals surface area contributed by atoms with Crippen molar-refractivity contribution in [2.45, 2.75) is 261 Å². The summed E-state index contributed by atoms with van der Waals surface area (Å²) in [6.45, 7) is 30.3. The van der Waals surface area contributed by atoms with Crippen LogP contribution < -0.4 is 31.9 Å². The van der Waals surface area contributed by atoms with Crippen molar-refractivity contribution in [3.63, 3.8) is 0 Å². The fraction of sp³-hybridized carbons (Fsp3) is 0.795. The van der Waals surface area contributed by atoms with Gasteiger partial charge in [-0.25, -0.2) is 4.79 Å². The van der Waals surface area contributed by atoms with Crippen molar-refractivity contribution in [1.82, 2.24) is 66.2 Å². The molecule has 0 bridgehead atoms. The predicted molar refractivity (Wildman–Crippen MR) is 389 cm³/mol. The monoisotopic (exact) mass is 1430 g/mol. The zero-order valence-electron chi connectivity index (χ0n) is 65.7. The van der Waals surface area contributed by atoms with Crippen LogP contribution in [0.25, 0.3) is 0 Å². The highest BCUT2D eigenvalue weighted by Gasteiger charge is 2.46. The van der Waals surface area contributed by atoms with Crippen molar-refractivity contribution >= 4 is 77.0 Å². The predicted octanol–water partition coefficient (Wildman–Crippen LogP) is 4.45. The van der Waals surface area contributed by atoms with Gasteiger partial charge in [0.2, 0.25) is 70.9 Å². The third-order valence-corrected chi connectivity index (χ3v) is 18.5. The summed E-state index contributed by atoms with van der Waals surface area (Å²) < 4.78 is 4.87. The number of nitrogens with one attached hydrogen (secondary N) is 6. The molecule has 0 aromatic carbocycles. The van der Waals surface area contributed by atoms with Gasteiger partial charge in [-0.05, 0) is 120 Å². The number of unbranched alkanes of at least 4 members (excludes halogenated alkanes) is 3. The number of nitrogens with zero attached hydrogens (tertiary/aromatic N) is 7. The molecule has 1 heterocycles. The fourth-order valence-corrected chi connectivity index (χ4v) is 12.3. The van der Waals surface area contributed by atoms with E-state index in [2.05, 4.69) is 31.9 Å². The van der Waals surface area contributed by atoms with Crippen molar-refractivity contribution < 1.29 is 72.2 Å². The molecule has 13 amide bonds. The zero-order chi connectivity index (χ0) is 77.6. The van der Waals surface area contributed by atoms with E-state index in [-0.39, 0.29) is 74.5 Å². The molecule has 1 saturated heterocycles. The van der Waals surface area contributed by atoms with Gasteiger partial charge >= 0.3 is 6.09 Å². The maximum Gasteiger partial charge on any atom is 0.407 e. The quantitative estimate of drug-likeness (QED) is 0.0465. The van der Waals surface area contributed by atoms with Crippen LogP contribution in [0.3, 0.4) is 0 Å². The number of aliphatic hydroxyl groups is 1. The molecular formula is C73H131N13O15. The van der Waals surface area contributed by atoms with Gasteiger partial charge < -0.3 is 76.0 Å². The zero-order valence-corrected chi connectivity index (χ0v) is 65.7. The Morgan fingerprint density at radius 3 is 1.45 bits per heavy atom. The van der Waals surface area contributed by atoms with E-state index in [4.69, 9.17) is 4.74 Å². The SMILES string of the molecule is CCOC(=O)NCCCCCCNC(=O)CC/C=C/CC(C)C(O)C1C(=O)NC(CC)C(=O)N(C)CC(=O)N(C)C(CC(C)C)C(=O)NC(C(C)C)C(=O)N(C)C(CC(C)C)C(=O)NC(C)C(=O)NC(C)C(=O)N(C)C(CC(C)C)C(=O)N(C)C(CC(C)C)C(=O)N(C)C(C(C)C)C(=O)N1C. The summed E-state index contributed by atoms with van der Waals surface area (Å²) in [4.78, 5) is 195. The van der Waals surface area contributed by atoms with Crippen LogP contribution in [0, 0.1) is 41.4 Å². The van der Waals surface area contributed by atoms with E-state index in [1.807, 2.05) is 55.4 Å². The molecular weight excluding hydrogens is 1300 g/mol. The summed E-state index contributed by atoms with van der Waals surface area (Å²) in [6.07, 6.45) is 5.90. The van der Waals surface area contributed by atoms with E-state index in [1.165, 1.54) is 87.7 Å². The third kappa shape index (κ3) is 29.5. The molecule has 28 nitrogen and oxygen atoms in total. The van der Waals surface area contributed by atoms with Gasteiger partial charge in [0.05, 0.1) is 19.3 Å². The van der Waals surface area contributed by atoms with Crippen LogP contribution in [0.5, 0.6) is 0 Å². The Morgan fingerprint density at radius 1 is 0.495 bits per heavy atom. The van der Waals surface area contributed by atoms with Gasteiger partial charge in [0.1, 0.15) is 60.4 Å². The van der Waals surface area contributed by atoms with Gasteiger partial charge in [0.25, 0.3) is 0 Å². The lowest BCUT2D eigenvalue weighted by Crippen LogP contribution is -2.63. The first-order valence-corrected chi connectivity index (χ1v) is 36.6. The van der Waals surface area contributed by atoms with Gasteiger partial charge in [-0.1, -0.05) is 122 Å². The van der Waals surface area contributed by atoms with Crippen molar-refractivity contribution in [3.05, 3.63) is 12.2 Å². The summed E-state index contributed by atoms with van der Waals surface area (Å²) in [5.74, 6) is -10.5. The molecule has 28 heteroatoms. The molecule has 0 radical (unpaired) electrons. The van der Waals surface area contributed by atoms with E-state index >= 15 is 19.2 Å². The Bertz CT molecular complexity index is 2760. The number of ether oxygens (including phenoxy) is 1. The first-order valence-electron chi connectivity index (χ1n) is 36.6. The van der Waals surface area contributed by atoms with E-state index in [9.17, 15) is 48.3 Å². The number of hydrogen-bond acceptors (Lipinski definition) is 15. The Kier molecular flexibility index (Phi) is 40.7. The van der Waals surface area contributed by atoms with E-state index in [0.717, 1.165) is 35.5 Å². The molecule has 0 aromatic rings. The molecule has 1 rings (SSSR count). The van der Waals surface area contributed by atoms with Gasteiger partial charge in [-0.3, -0.25) is 57.5 Å². The minimum Gasteiger partial charge on any atom is -0.450 e. The number of allylic oxidation sites excluding steroid dienone is 2. The number of carbonyl (C=O) groups excluding carboxylic acids is 13. The molecule has 0 spiro atoms. The third-order valence-electron chi connectivity index (χ3n) is 18.5. The van der Waals surface area contributed by atoms with E-state index in [0.29, 0.717) is 26.1 Å². The lowest BCUT2D eigenvalue weighted by atomic mass is 9.91. The first kappa shape index (κ1) is 91.6. The number of aliphatic hydroxyl groups excluding tert-OH is 1. The van der Waals surface area contributed by atoms with Crippen LogP contribution in [0.2, 0.25) is 0 Å². The van der Waals surface area contributed by atoms with Gasteiger partial charge in [-0.15, -0.1) is 0 Å². The van der Waals surface area contributed by atoms with Crippen molar-refractivity contribution in [3.8, 4) is 0 Å². The van der Waals surface area contributed by atoms with E-state index < -0.39 is 162 Å². The summed E-state index contributed by atoms with van der Waals surface area (Å²) in [6, 6.07) is -12.8. The maximum atomic E-state index is 15.4. The van der Waals surface area contributed by atoms with Crippen molar-refractivity contribution in [1.29, 1.82) is 0 Å². The van der Waals surface area contributed by atoms with Crippen LogP contribution in [0.1, 0.15) is 195 Å². The molecule has 12 unspecified atom stereocenters. The van der Waals surface area contributed by atoms with E-state index in [1.54, 1.807) is 60.6 Å². The van der Waals surface area contributed by atoms with Crippen LogP contribution in [-0.4, -0.2) is 258 Å². The lowest BCUT2D eigenvalue weighted by molar-refractivity contribution is -0.157. The number of alkyl carbamates (subject to hydrolysis) is 1. The summed E-state index contributed by atoms with van der Waals surface area (Å²) in [5, 5.41) is 29.0. The molecule has 1 aliphatic rings. The van der Waals surface area contributed by atoms with Crippen molar-refractivity contribution in [2.75, 3.05) is 75.6 Å². The number of likely N-dealkylation sites (N-methyl/N-ethyl adjacent to an activating group) is 7. The number of rotatable bonds is 26. The minimum absolute atomic E-state index is 0.0247. The average Bonchev–Trinajstić information content (AvgIpc) is 0.792. The van der Waals surface area contributed by atoms with Crippen LogP contribution in [0.4, 0.5) is 4.79 Å². The number of hydrogen-bond donors (Lipinski definition) is 7. The summed E-state index contributed by atoms with van der Waals surface area (Å²) in [5.41, 5.74) is 0. The van der Waals surface area contributed by atoms with Gasteiger partial charge in [0.15, 0.2) is 0 Å². The maximum absolute atomic E-state index is 15.4. The normalized spacial score (nSPS) is 24.3. The largest absolute Gasteiger partial charge is 0.450 e. The van der Waals surface area contributed by atoms with Crippen LogP contribution in [0.15, 0.2) is 12.2 Å². The van der Waals surface area contributed by atoms with Gasteiger partial charge in [0, 0.05) is 68.8 Å². The lowest BCUT2D eigenvalue weighted by Gasteiger charge is -2.41. The highest BCUT2D eigenvalue weighted by Crippen LogP contribution is 2.26. The van der Waals surface area contributed by atoms with Crippen molar-refractivity contribution in [2.24, 2.45) is 41.4 Å². The Hall–Kier alpha value is -7.39. The second-order valence-electron chi connectivity index (χ2n) is 29.9. The summed E-state index contributed by atoms with van der Waals surface area (Å²) >= 11 is 0. The standard InChI is InChI=1S/C73H131N13O15/c1-25-52-68(95)80(18)42-58(88)81(19)53(38-43(3)4)65(92)79-59(47(11)12)71(98)82(20)54(39-44(5)6)64(91)76-50(16)63(90)77-51(17)67(94)83(21)55(40-45(7)8)69(96)84(22)56(41-46(9)10)70(97)85(23)60(48(13)14)72(99)86(24)61(66(93)78-52)62(89)49(15)34-30-29-31-35-57(87)74-36-32-27-28-33-37-75-73(100)101-26-2/h29-30,43-56,59-62,89H,25-28,31-42H2,1-24H3,(H,74,87)(H,75,100)(H,76,91)(H,77,90)(H,78,93)(H,79,92)/b30-29+. The molecule has 1 fully saturated rings. The second-order valence-corrected chi connectivity index (χ2v) is 29.9. The average molecular weight is 1430 g/mol. The highest BCUT2D eigenvalue weighted by atomic mass is 16.5. The fourth-order valence-electron chi connectivity index (χ4n) is 12.3. The molecule has 101 heavy (non-hydrogen) atoms. The smallest absolute Gasteiger partial charge is 0.407 e. The Labute approximate surface area is 603 Å². The number of amides is 13. The number of carbonyl (C=O) groups is 13. The molecule has 1 aliphatic heterocycles. The van der Waals surface area contributed by atoms with Crippen LogP contribution in [-0.2, 0) is 62.3 Å². The van der Waals surface area contributed by atoms with Crippen LogP contribution >= 0.6 is 0 Å². The Balaban J connectivity index is 4.15. The minimum atomic E-state index is -1.71. The molecule has 0 saturated carbocycles. The molecule has 12 atom stereocenters. The molecule has 7 N–H and O–H groups in total. The first-order chi connectivity index (χ1) is 47.0. The summed E-state index contributed by atoms with van der Waals surface area (Å²) in [7, 11) is 9.81. The second kappa shape index (κ2) is 44.9. The molecule has 0 aliphatic carbocycles. The molecule has 578 valence electrons. The Morgan fingerprint density at radius 2 is 0.950 bits per heavy atom.